The maximum Gasteiger partial charge on any atom is 0.293 e. The van der Waals surface area contributed by atoms with Crippen molar-refractivity contribution in [3.63, 3.8) is 0 Å². The first-order valence-corrected chi connectivity index (χ1v) is 7.02. The molecule has 0 aromatic heterocycles. The molecule has 1 aromatic carbocycles. The van der Waals surface area contributed by atoms with Crippen LogP contribution in [0.2, 0.25) is 0 Å². The van der Waals surface area contributed by atoms with E-state index >= 15 is 0 Å². The number of nitro groups is 1. The fraction of sp³-hybridized carbons (Fsp3) is 0.364. The van der Waals surface area contributed by atoms with Crippen LogP contribution in [0.4, 0.5) is 5.69 Å². The number of hydrogen-bond acceptors (Lipinski definition) is 6. The standard InChI is InChI=1S/C11H13N3O5S/c1-8(6-12)7-13-20(17,18)11-4-3-9(19-2)5-10(11)14(15)16/h3-5,8,13H,7H2,1-2H3. The highest BCUT2D eigenvalue weighted by molar-refractivity contribution is 7.89. The molecule has 0 aliphatic heterocycles. The second-order valence-corrected chi connectivity index (χ2v) is 5.71. The van der Waals surface area contributed by atoms with Crippen LogP contribution in [0.25, 0.3) is 0 Å². The molecule has 0 saturated carbocycles. The minimum Gasteiger partial charge on any atom is -0.497 e. The molecule has 0 spiro atoms. The molecule has 1 unspecified atom stereocenters. The molecular formula is C11H13N3O5S. The van der Waals surface area contributed by atoms with Gasteiger partial charge in [-0.05, 0) is 19.1 Å². The first-order chi connectivity index (χ1) is 9.31. The predicted octanol–water partition coefficient (Wildman–Crippen LogP) is 1.04. The van der Waals surface area contributed by atoms with Gasteiger partial charge >= 0.3 is 0 Å². The number of methoxy groups -OCH3 is 1. The molecule has 1 rings (SSSR count). The van der Waals surface area contributed by atoms with Crippen LogP contribution in [0.3, 0.4) is 0 Å². The van der Waals surface area contributed by atoms with Crippen molar-refractivity contribution in [3.8, 4) is 11.8 Å². The molecule has 0 fully saturated rings. The Bertz CT molecular complexity index is 651. The van der Waals surface area contributed by atoms with Gasteiger partial charge in [0.25, 0.3) is 5.69 Å². The predicted molar refractivity (Wildman–Crippen MR) is 69.6 cm³/mol. The lowest BCUT2D eigenvalue weighted by Crippen LogP contribution is -2.28. The molecule has 1 N–H and O–H groups in total. The molecule has 20 heavy (non-hydrogen) atoms. The van der Waals surface area contributed by atoms with Gasteiger partial charge < -0.3 is 4.74 Å². The van der Waals surface area contributed by atoms with Crippen LogP contribution in [0.15, 0.2) is 23.1 Å². The summed E-state index contributed by atoms with van der Waals surface area (Å²) in [6.07, 6.45) is 0. The molecule has 0 radical (unpaired) electrons. The van der Waals surface area contributed by atoms with E-state index in [-0.39, 0.29) is 12.3 Å². The van der Waals surface area contributed by atoms with Gasteiger partial charge in [-0.3, -0.25) is 10.1 Å². The van der Waals surface area contributed by atoms with E-state index in [1.807, 2.05) is 6.07 Å². The number of nitrogens with one attached hydrogen (secondary N) is 1. The maximum atomic E-state index is 12.0. The molecule has 8 nitrogen and oxygen atoms in total. The van der Waals surface area contributed by atoms with Gasteiger partial charge in [-0.1, -0.05) is 0 Å². The van der Waals surface area contributed by atoms with Crippen LogP contribution >= 0.6 is 0 Å². The van der Waals surface area contributed by atoms with Gasteiger partial charge in [0.1, 0.15) is 5.75 Å². The van der Waals surface area contributed by atoms with E-state index in [9.17, 15) is 18.5 Å². The number of nitro benzene ring substituents is 1. The minimum atomic E-state index is -4.06. The second-order valence-electron chi connectivity index (χ2n) is 3.97. The fourth-order valence-corrected chi connectivity index (χ4v) is 2.63. The number of rotatable bonds is 6. The lowest BCUT2D eigenvalue weighted by molar-refractivity contribution is -0.387. The molecule has 1 atom stereocenters. The number of nitriles is 1. The summed E-state index contributed by atoms with van der Waals surface area (Å²) in [5.74, 6) is -0.358. The Morgan fingerprint density at radius 2 is 2.20 bits per heavy atom. The van der Waals surface area contributed by atoms with E-state index in [4.69, 9.17) is 10.00 Å². The van der Waals surface area contributed by atoms with Crippen molar-refractivity contribution in [2.24, 2.45) is 5.92 Å². The first kappa shape index (κ1) is 15.9. The number of sulfonamides is 1. The third-order valence-electron chi connectivity index (χ3n) is 2.45. The van der Waals surface area contributed by atoms with Crippen LogP contribution in [-0.2, 0) is 10.0 Å². The van der Waals surface area contributed by atoms with Gasteiger partial charge in [-0.2, -0.15) is 5.26 Å². The van der Waals surface area contributed by atoms with Gasteiger partial charge in [-0.15, -0.1) is 0 Å². The molecular weight excluding hydrogens is 286 g/mol. The molecule has 0 saturated heterocycles. The summed E-state index contributed by atoms with van der Waals surface area (Å²) in [7, 11) is -2.74. The van der Waals surface area contributed by atoms with Gasteiger partial charge in [0.05, 0.1) is 30.1 Å². The normalized spacial score (nSPS) is 12.4. The van der Waals surface area contributed by atoms with Crippen molar-refractivity contribution >= 4 is 15.7 Å². The average molecular weight is 299 g/mol. The lowest BCUT2D eigenvalue weighted by Gasteiger charge is -2.09. The summed E-state index contributed by atoms with van der Waals surface area (Å²) >= 11 is 0. The molecule has 0 heterocycles. The topological polar surface area (TPSA) is 122 Å². The van der Waals surface area contributed by atoms with Gasteiger partial charge in [0.15, 0.2) is 4.90 Å². The summed E-state index contributed by atoms with van der Waals surface area (Å²) in [6, 6.07) is 5.30. The summed E-state index contributed by atoms with van der Waals surface area (Å²) in [5, 5.41) is 19.5. The molecule has 1 aromatic rings. The minimum absolute atomic E-state index is 0.123. The maximum absolute atomic E-state index is 12.0. The van der Waals surface area contributed by atoms with E-state index in [1.165, 1.54) is 20.1 Å². The SMILES string of the molecule is COc1ccc(S(=O)(=O)NCC(C)C#N)c([N+](=O)[O-])c1. The summed E-state index contributed by atoms with van der Waals surface area (Å²) in [5.41, 5.74) is -0.582. The van der Waals surface area contributed by atoms with Crippen molar-refractivity contribution in [1.82, 2.24) is 4.72 Å². The third kappa shape index (κ3) is 3.66. The third-order valence-corrected chi connectivity index (χ3v) is 3.92. The first-order valence-electron chi connectivity index (χ1n) is 5.53. The summed E-state index contributed by atoms with van der Waals surface area (Å²) in [6.45, 7) is 1.41. The van der Waals surface area contributed by atoms with Crippen molar-refractivity contribution < 1.29 is 18.1 Å². The molecule has 0 aliphatic carbocycles. The molecule has 0 amide bonds. The number of hydrogen-bond donors (Lipinski definition) is 1. The number of nitrogens with zero attached hydrogens (tertiary/aromatic N) is 2. The zero-order chi connectivity index (χ0) is 15.3. The van der Waals surface area contributed by atoms with Crippen LogP contribution < -0.4 is 9.46 Å². The Kier molecular flexibility index (Phi) is 5.01. The Labute approximate surface area is 116 Å². The van der Waals surface area contributed by atoms with Crippen LogP contribution in [0, 0.1) is 27.4 Å². The zero-order valence-electron chi connectivity index (χ0n) is 10.9. The molecule has 108 valence electrons. The zero-order valence-corrected chi connectivity index (χ0v) is 11.7. The van der Waals surface area contributed by atoms with E-state index < -0.39 is 31.4 Å². The van der Waals surface area contributed by atoms with Gasteiger partial charge in [-0.25, -0.2) is 13.1 Å². The van der Waals surface area contributed by atoms with Crippen molar-refractivity contribution in [2.45, 2.75) is 11.8 Å². The Hall–Kier alpha value is -2.18. The number of ether oxygens (including phenoxy) is 1. The van der Waals surface area contributed by atoms with Crippen LogP contribution in [0.1, 0.15) is 6.92 Å². The van der Waals surface area contributed by atoms with Gasteiger partial charge in [0, 0.05) is 6.54 Å². The highest BCUT2D eigenvalue weighted by Crippen LogP contribution is 2.28. The Morgan fingerprint density at radius 1 is 1.55 bits per heavy atom. The Morgan fingerprint density at radius 3 is 2.70 bits per heavy atom. The van der Waals surface area contributed by atoms with Crippen LogP contribution in [0.5, 0.6) is 5.75 Å². The van der Waals surface area contributed by atoms with E-state index in [0.29, 0.717) is 0 Å². The largest absolute Gasteiger partial charge is 0.497 e. The second kappa shape index (κ2) is 6.31. The highest BCUT2D eigenvalue weighted by Gasteiger charge is 2.26. The van der Waals surface area contributed by atoms with E-state index in [0.717, 1.165) is 12.1 Å². The lowest BCUT2D eigenvalue weighted by atomic mass is 10.2. The highest BCUT2D eigenvalue weighted by atomic mass is 32.2. The van der Waals surface area contributed by atoms with E-state index in [2.05, 4.69) is 4.72 Å². The molecule has 9 heteroatoms. The number of benzene rings is 1. The van der Waals surface area contributed by atoms with Crippen LogP contribution in [-0.4, -0.2) is 27.0 Å². The van der Waals surface area contributed by atoms with Gasteiger partial charge in [0.2, 0.25) is 10.0 Å². The molecule has 0 aliphatic rings. The fourth-order valence-electron chi connectivity index (χ4n) is 1.35. The monoisotopic (exact) mass is 299 g/mol. The smallest absolute Gasteiger partial charge is 0.293 e. The average Bonchev–Trinajstić information content (AvgIpc) is 2.43. The van der Waals surface area contributed by atoms with Crippen molar-refractivity contribution in [1.29, 1.82) is 5.26 Å². The van der Waals surface area contributed by atoms with Crippen molar-refractivity contribution in [3.05, 3.63) is 28.3 Å². The van der Waals surface area contributed by atoms with Crippen molar-refractivity contribution in [2.75, 3.05) is 13.7 Å². The van der Waals surface area contributed by atoms with E-state index in [1.54, 1.807) is 0 Å². The molecule has 0 bridgehead atoms. The Balaban J connectivity index is 3.18. The quantitative estimate of drug-likeness (QED) is 0.618. The summed E-state index contributed by atoms with van der Waals surface area (Å²) < 4.78 is 31.0. The summed E-state index contributed by atoms with van der Waals surface area (Å²) in [4.78, 5) is 9.67.